The average molecular weight is 414 g/mol. The van der Waals surface area contributed by atoms with Gasteiger partial charge in [-0.25, -0.2) is 0 Å². The van der Waals surface area contributed by atoms with Gasteiger partial charge in [0.25, 0.3) is 0 Å². The molecule has 1 fully saturated rings. The number of allylic oxidation sites excluding steroid dienone is 1. The Morgan fingerprint density at radius 3 is 2.63 bits per heavy atom. The number of piperidine rings is 1. The number of ether oxygens (including phenoxy) is 1. The van der Waals surface area contributed by atoms with Crippen molar-refractivity contribution in [3.8, 4) is 0 Å². The molecule has 0 saturated carbocycles. The maximum absolute atomic E-state index is 13.5. The summed E-state index contributed by atoms with van der Waals surface area (Å²) in [6, 6.07) is 10.3. The first-order valence-electron chi connectivity index (χ1n) is 11.0. The van der Waals surface area contributed by atoms with E-state index in [9.17, 15) is 9.59 Å². The summed E-state index contributed by atoms with van der Waals surface area (Å²) in [4.78, 5) is 29.9. The lowest BCUT2D eigenvalue weighted by atomic mass is 9.74. The van der Waals surface area contributed by atoms with Crippen LogP contribution in [0.5, 0.6) is 0 Å². The number of hydrogen-bond donors (Lipinski definition) is 1. The Labute approximate surface area is 180 Å². The largest absolute Gasteiger partial charge is 0.383 e. The van der Waals surface area contributed by atoms with Gasteiger partial charge in [-0.05, 0) is 51.3 Å². The third-order valence-corrected chi connectivity index (χ3v) is 6.26. The van der Waals surface area contributed by atoms with Crippen LogP contribution < -0.4 is 5.32 Å². The summed E-state index contributed by atoms with van der Waals surface area (Å²) in [7, 11) is 1.63. The molecule has 1 saturated heterocycles. The van der Waals surface area contributed by atoms with Crippen LogP contribution in [0.2, 0.25) is 0 Å². The van der Waals surface area contributed by atoms with Gasteiger partial charge in [0.05, 0.1) is 18.6 Å². The van der Waals surface area contributed by atoms with E-state index in [0.717, 1.165) is 45.3 Å². The average Bonchev–Trinajstić information content (AvgIpc) is 2.89. The highest BCUT2D eigenvalue weighted by Crippen LogP contribution is 2.38. The highest BCUT2D eigenvalue weighted by Gasteiger charge is 2.43. The first-order valence-corrected chi connectivity index (χ1v) is 11.0. The molecule has 3 rings (SSSR count). The number of carbonyl (C=O) groups is 2. The van der Waals surface area contributed by atoms with Gasteiger partial charge in [0, 0.05) is 26.2 Å². The molecule has 30 heavy (non-hydrogen) atoms. The molecule has 2 amide bonds. The summed E-state index contributed by atoms with van der Waals surface area (Å²) >= 11 is 0. The molecule has 164 valence electrons. The number of rotatable bonds is 8. The molecule has 0 aromatic heterocycles. The van der Waals surface area contributed by atoms with Gasteiger partial charge in [0.1, 0.15) is 0 Å². The second kappa shape index (κ2) is 10.7. The summed E-state index contributed by atoms with van der Waals surface area (Å²) in [5.74, 6) is 0.299. The van der Waals surface area contributed by atoms with Gasteiger partial charge in [0.2, 0.25) is 11.8 Å². The lowest BCUT2D eigenvalue weighted by Crippen LogP contribution is -2.52. The number of likely N-dealkylation sites (tertiary alicyclic amines) is 1. The minimum atomic E-state index is -0.319. The van der Waals surface area contributed by atoms with Crippen molar-refractivity contribution in [3.05, 3.63) is 48.0 Å². The number of hydrogen-bond acceptors (Lipinski definition) is 4. The van der Waals surface area contributed by atoms with Crippen molar-refractivity contribution in [1.29, 1.82) is 0 Å². The molecule has 6 heteroatoms. The molecule has 2 aliphatic rings. The number of carbonyl (C=O) groups excluding carboxylic acids is 2. The quantitative estimate of drug-likeness (QED) is 0.664. The zero-order valence-electron chi connectivity index (χ0n) is 18.3. The Kier molecular flexibility index (Phi) is 8.05. The van der Waals surface area contributed by atoms with E-state index in [1.165, 1.54) is 5.56 Å². The van der Waals surface area contributed by atoms with Crippen LogP contribution in [-0.4, -0.2) is 74.1 Å². The fourth-order valence-corrected chi connectivity index (χ4v) is 4.49. The molecule has 1 aromatic rings. The van der Waals surface area contributed by atoms with Crippen LogP contribution in [0.25, 0.3) is 0 Å². The van der Waals surface area contributed by atoms with Crippen molar-refractivity contribution < 1.29 is 14.3 Å². The maximum atomic E-state index is 13.5. The lowest BCUT2D eigenvalue weighted by Gasteiger charge is -2.41. The molecule has 2 aliphatic heterocycles. The van der Waals surface area contributed by atoms with Crippen molar-refractivity contribution in [2.75, 3.05) is 46.4 Å². The SMILES string of the molecule is COC[C@H](C)NC(=O)CN1CCC2(CC=CCN(CCc3ccccc3)C2=O)CC1. The fourth-order valence-electron chi connectivity index (χ4n) is 4.49. The molecular formula is C24H35N3O3. The van der Waals surface area contributed by atoms with E-state index < -0.39 is 0 Å². The van der Waals surface area contributed by atoms with Gasteiger partial charge in [-0.15, -0.1) is 0 Å². The van der Waals surface area contributed by atoms with Crippen molar-refractivity contribution in [1.82, 2.24) is 15.1 Å². The number of nitrogens with one attached hydrogen (secondary N) is 1. The van der Waals surface area contributed by atoms with Crippen LogP contribution in [0, 0.1) is 5.41 Å². The standard InChI is InChI=1S/C24H35N3O3/c1-20(19-30-2)25-22(28)18-26-16-12-24(13-17-26)11-6-7-14-27(23(24)29)15-10-21-8-4-3-5-9-21/h3-9,20H,10-19H2,1-2H3,(H,25,28)/t20-/m0/s1. The molecule has 1 atom stereocenters. The summed E-state index contributed by atoms with van der Waals surface area (Å²) < 4.78 is 5.07. The van der Waals surface area contributed by atoms with E-state index >= 15 is 0 Å². The van der Waals surface area contributed by atoms with Crippen molar-refractivity contribution in [3.63, 3.8) is 0 Å². The zero-order valence-corrected chi connectivity index (χ0v) is 18.3. The van der Waals surface area contributed by atoms with Crippen LogP contribution in [0.1, 0.15) is 31.7 Å². The van der Waals surface area contributed by atoms with E-state index in [1.807, 2.05) is 30.0 Å². The highest BCUT2D eigenvalue weighted by atomic mass is 16.5. The van der Waals surface area contributed by atoms with Crippen molar-refractivity contribution in [2.24, 2.45) is 5.41 Å². The van der Waals surface area contributed by atoms with Crippen LogP contribution in [-0.2, 0) is 20.7 Å². The molecule has 1 spiro atoms. The van der Waals surface area contributed by atoms with Crippen LogP contribution in [0.15, 0.2) is 42.5 Å². The third-order valence-electron chi connectivity index (χ3n) is 6.26. The monoisotopic (exact) mass is 413 g/mol. The molecule has 1 N–H and O–H groups in total. The smallest absolute Gasteiger partial charge is 0.234 e. The van der Waals surface area contributed by atoms with Crippen LogP contribution in [0.4, 0.5) is 0 Å². The van der Waals surface area contributed by atoms with E-state index in [0.29, 0.717) is 19.7 Å². The van der Waals surface area contributed by atoms with Gasteiger partial charge in [-0.2, -0.15) is 0 Å². The van der Waals surface area contributed by atoms with E-state index in [4.69, 9.17) is 4.74 Å². The number of methoxy groups -OCH3 is 1. The predicted molar refractivity (Wildman–Crippen MR) is 118 cm³/mol. The zero-order chi connectivity index (χ0) is 21.4. The molecule has 2 heterocycles. The van der Waals surface area contributed by atoms with Gasteiger partial charge in [-0.1, -0.05) is 42.5 Å². The molecule has 0 radical (unpaired) electrons. The second-order valence-electron chi connectivity index (χ2n) is 8.64. The summed E-state index contributed by atoms with van der Waals surface area (Å²) in [5, 5.41) is 2.97. The third kappa shape index (κ3) is 5.92. The Bertz CT molecular complexity index is 726. The second-order valence-corrected chi connectivity index (χ2v) is 8.64. The minimum absolute atomic E-state index is 0.00498. The Hall–Kier alpha value is -2.18. The molecule has 6 nitrogen and oxygen atoms in total. The van der Waals surface area contributed by atoms with Crippen LogP contribution >= 0.6 is 0 Å². The number of nitrogens with zero attached hydrogens (tertiary/aromatic N) is 2. The molecular weight excluding hydrogens is 378 g/mol. The fraction of sp³-hybridized carbons (Fsp3) is 0.583. The lowest BCUT2D eigenvalue weighted by molar-refractivity contribution is -0.144. The normalized spacial score (nSPS) is 20.2. The first-order chi connectivity index (χ1) is 14.5. The predicted octanol–water partition coefficient (Wildman–Crippen LogP) is 2.25. The molecule has 0 unspecified atom stereocenters. The summed E-state index contributed by atoms with van der Waals surface area (Å²) in [6.45, 7) is 5.82. The first kappa shape index (κ1) is 22.5. The molecule has 1 aromatic carbocycles. The molecule has 0 bridgehead atoms. The summed E-state index contributed by atoms with van der Waals surface area (Å²) in [5.41, 5.74) is 0.941. The molecule has 0 aliphatic carbocycles. The Morgan fingerprint density at radius 2 is 1.93 bits per heavy atom. The Balaban J connectivity index is 1.53. The van der Waals surface area contributed by atoms with E-state index in [1.54, 1.807) is 7.11 Å². The number of amides is 2. The van der Waals surface area contributed by atoms with Crippen molar-refractivity contribution >= 4 is 11.8 Å². The maximum Gasteiger partial charge on any atom is 0.234 e. The topological polar surface area (TPSA) is 61.9 Å². The number of benzene rings is 1. The minimum Gasteiger partial charge on any atom is -0.383 e. The summed E-state index contributed by atoms with van der Waals surface area (Å²) in [6.07, 6.45) is 7.60. The van der Waals surface area contributed by atoms with Gasteiger partial charge < -0.3 is 15.0 Å². The van der Waals surface area contributed by atoms with Gasteiger partial charge in [0.15, 0.2) is 0 Å². The van der Waals surface area contributed by atoms with Crippen LogP contribution in [0.3, 0.4) is 0 Å². The Morgan fingerprint density at radius 1 is 1.20 bits per heavy atom. The van der Waals surface area contributed by atoms with E-state index in [2.05, 4.69) is 34.5 Å². The van der Waals surface area contributed by atoms with E-state index in [-0.39, 0.29) is 23.3 Å². The van der Waals surface area contributed by atoms with Gasteiger partial charge in [-0.3, -0.25) is 14.5 Å². The highest BCUT2D eigenvalue weighted by molar-refractivity contribution is 5.84. The van der Waals surface area contributed by atoms with Gasteiger partial charge >= 0.3 is 0 Å². The van der Waals surface area contributed by atoms with Crippen molar-refractivity contribution in [2.45, 2.75) is 38.6 Å².